The maximum atomic E-state index is 13.5. The van der Waals surface area contributed by atoms with E-state index in [4.69, 9.17) is 16.7 Å². The van der Waals surface area contributed by atoms with Gasteiger partial charge in [0.25, 0.3) is 0 Å². The molecule has 1 aromatic heterocycles. The maximum absolute atomic E-state index is 13.5. The van der Waals surface area contributed by atoms with Gasteiger partial charge in [-0.3, -0.25) is 0 Å². The summed E-state index contributed by atoms with van der Waals surface area (Å²) in [7, 11) is 0. The average Bonchev–Trinajstić information content (AvgIpc) is 2.74. The van der Waals surface area contributed by atoms with E-state index in [2.05, 4.69) is 10.3 Å². The van der Waals surface area contributed by atoms with Crippen molar-refractivity contribution in [3.8, 4) is 5.69 Å². The Labute approximate surface area is 109 Å². The van der Waals surface area contributed by atoms with Crippen molar-refractivity contribution in [2.24, 2.45) is 0 Å². The Morgan fingerprint density at radius 2 is 2.25 bits per heavy atom. The molecule has 0 unspecified atom stereocenters. The Balaban J connectivity index is 2.52. The third-order valence-electron chi connectivity index (χ3n) is 1.96. The van der Waals surface area contributed by atoms with Gasteiger partial charge in [-0.15, -0.1) is 5.10 Å². The summed E-state index contributed by atoms with van der Waals surface area (Å²) in [6, 6.07) is 3.09. The van der Waals surface area contributed by atoms with E-state index >= 15 is 0 Å². The number of rotatable bonds is 2. The Hall–Kier alpha value is -0.730. The topological polar surface area (TPSA) is 50.9 Å². The van der Waals surface area contributed by atoms with Crippen LogP contribution in [0.4, 0.5) is 4.39 Å². The number of halogens is 3. The van der Waals surface area contributed by atoms with Crippen LogP contribution in [0.15, 0.2) is 18.3 Å². The smallest absolute Gasteiger partial charge is 0.157 e. The van der Waals surface area contributed by atoms with Crippen LogP contribution in [-0.2, 0) is 6.61 Å². The van der Waals surface area contributed by atoms with E-state index in [0.717, 1.165) is 0 Å². The summed E-state index contributed by atoms with van der Waals surface area (Å²) >= 11 is 7.49. The molecule has 0 amide bonds. The first-order chi connectivity index (χ1) is 7.63. The van der Waals surface area contributed by atoms with E-state index in [1.54, 1.807) is 6.07 Å². The van der Waals surface area contributed by atoms with Crippen LogP contribution in [-0.4, -0.2) is 20.1 Å². The highest BCUT2D eigenvalue weighted by atomic mass is 127. The van der Waals surface area contributed by atoms with Crippen molar-refractivity contribution in [2.45, 2.75) is 6.61 Å². The van der Waals surface area contributed by atoms with Crippen molar-refractivity contribution >= 4 is 34.2 Å². The lowest BCUT2D eigenvalue weighted by atomic mass is 10.3. The monoisotopic (exact) mass is 353 g/mol. The molecule has 84 valence electrons. The van der Waals surface area contributed by atoms with Crippen molar-refractivity contribution in [3.63, 3.8) is 0 Å². The highest BCUT2D eigenvalue weighted by Gasteiger charge is 2.12. The van der Waals surface area contributed by atoms with Crippen LogP contribution in [0.1, 0.15) is 5.69 Å². The maximum Gasteiger partial charge on any atom is 0.157 e. The zero-order chi connectivity index (χ0) is 11.7. The summed E-state index contributed by atoms with van der Waals surface area (Å²) in [5, 5.41) is 16.4. The fourth-order valence-corrected chi connectivity index (χ4v) is 2.22. The first kappa shape index (κ1) is 11.7. The highest BCUT2D eigenvalue weighted by molar-refractivity contribution is 14.1. The molecule has 0 bridgehead atoms. The normalized spacial score (nSPS) is 10.8. The number of aromatic nitrogens is 3. The number of aliphatic hydroxyl groups excluding tert-OH is 1. The van der Waals surface area contributed by atoms with Gasteiger partial charge in [0.2, 0.25) is 0 Å². The molecule has 0 aliphatic heterocycles. The fraction of sp³-hybridized carbons (Fsp3) is 0.111. The predicted octanol–water partition coefficient (Wildman–Crippen LogP) is 2.16. The molecule has 16 heavy (non-hydrogen) atoms. The molecule has 0 aliphatic rings. The predicted molar refractivity (Wildman–Crippen MR) is 65.0 cm³/mol. The molecule has 0 saturated carbocycles. The fourth-order valence-electron chi connectivity index (χ4n) is 1.18. The quantitative estimate of drug-likeness (QED) is 0.665. The number of benzene rings is 1. The number of nitrogens with zero attached hydrogens (tertiary/aromatic N) is 3. The first-order valence-electron chi connectivity index (χ1n) is 4.29. The lowest BCUT2D eigenvalue weighted by Gasteiger charge is -2.05. The van der Waals surface area contributed by atoms with Gasteiger partial charge in [0.05, 0.1) is 27.1 Å². The average molecular weight is 354 g/mol. The summed E-state index contributed by atoms with van der Waals surface area (Å²) in [5.74, 6) is -0.485. The van der Waals surface area contributed by atoms with Crippen molar-refractivity contribution in [2.75, 3.05) is 0 Å². The van der Waals surface area contributed by atoms with Crippen LogP contribution in [0.2, 0.25) is 5.02 Å². The van der Waals surface area contributed by atoms with Crippen molar-refractivity contribution in [1.29, 1.82) is 0 Å². The first-order valence-corrected chi connectivity index (χ1v) is 5.75. The molecule has 0 fully saturated rings. The summed E-state index contributed by atoms with van der Waals surface area (Å²) in [6.45, 7) is -0.202. The Bertz CT molecular complexity index is 531. The molecule has 1 N–H and O–H groups in total. The minimum atomic E-state index is -0.485. The van der Waals surface area contributed by atoms with Gasteiger partial charge >= 0.3 is 0 Å². The van der Waals surface area contributed by atoms with Gasteiger partial charge in [-0.2, -0.15) is 0 Å². The molecule has 0 radical (unpaired) electrons. The van der Waals surface area contributed by atoms with Gasteiger partial charge in [0, 0.05) is 0 Å². The number of hydrogen-bond acceptors (Lipinski definition) is 3. The van der Waals surface area contributed by atoms with E-state index in [1.807, 2.05) is 22.6 Å². The molecule has 7 heteroatoms. The van der Waals surface area contributed by atoms with Gasteiger partial charge in [0.15, 0.2) is 5.82 Å². The number of aliphatic hydroxyl groups is 1. The summed E-state index contributed by atoms with van der Waals surface area (Å²) in [5.41, 5.74) is 0.959. The van der Waals surface area contributed by atoms with Gasteiger partial charge in [0.1, 0.15) is 5.69 Å². The molecule has 2 aromatic rings. The van der Waals surface area contributed by atoms with Gasteiger partial charge in [-0.05, 0) is 34.7 Å². The Morgan fingerprint density at radius 3 is 2.88 bits per heavy atom. The summed E-state index contributed by atoms with van der Waals surface area (Å²) in [6.07, 6.45) is 1.53. The second kappa shape index (κ2) is 4.64. The molecule has 0 atom stereocenters. The van der Waals surface area contributed by atoms with Gasteiger partial charge in [-0.25, -0.2) is 9.07 Å². The molecule has 2 rings (SSSR count). The van der Waals surface area contributed by atoms with E-state index in [9.17, 15) is 4.39 Å². The van der Waals surface area contributed by atoms with E-state index in [1.165, 1.54) is 16.9 Å². The molecule has 1 heterocycles. The van der Waals surface area contributed by atoms with Crippen molar-refractivity contribution in [3.05, 3.63) is 38.4 Å². The second-order valence-corrected chi connectivity index (χ2v) is 4.49. The van der Waals surface area contributed by atoms with Crippen LogP contribution in [0.5, 0.6) is 0 Å². The van der Waals surface area contributed by atoms with Gasteiger partial charge < -0.3 is 5.11 Å². The third kappa shape index (κ3) is 2.04. The lowest BCUT2D eigenvalue weighted by Crippen LogP contribution is -2.00. The zero-order valence-electron chi connectivity index (χ0n) is 7.86. The molecule has 0 aliphatic carbocycles. The van der Waals surface area contributed by atoms with Crippen LogP contribution in [0.3, 0.4) is 0 Å². The molecular formula is C9H6ClFIN3O. The van der Waals surface area contributed by atoms with E-state index in [0.29, 0.717) is 15.0 Å². The second-order valence-electron chi connectivity index (χ2n) is 3.01. The van der Waals surface area contributed by atoms with Crippen molar-refractivity contribution < 1.29 is 9.50 Å². The molecular weight excluding hydrogens is 347 g/mol. The third-order valence-corrected chi connectivity index (χ3v) is 3.28. The standard InChI is InChI=1S/C9H6ClFIN3O/c10-6-1-2-7(9(12)8(6)11)15-3-5(4-16)13-14-15/h1-3,16H,4H2. The van der Waals surface area contributed by atoms with Gasteiger partial charge in [-0.1, -0.05) is 16.8 Å². The highest BCUT2D eigenvalue weighted by Crippen LogP contribution is 2.25. The van der Waals surface area contributed by atoms with Crippen LogP contribution in [0.25, 0.3) is 5.69 Å². The molecule has 0 spiro atoms. The van der Waals surface area contributed by atoms with Crippen LogP contribution in [0, 0.1) is 9.39 Å². The summed E-state index contributed by atoms with van der Waals surface area (Å²) in [4.78, 5) is 0. The van der Waals surface area contributed by atoms with E-state index < -0.39 is 5.82 Å². The Morgan fingerprint density at radius 1 is 1.50 bits per heavy atom. The zero-order valence-corrected chi connectivity index (χ0v) is 10.8. The number of hydrogen-bond donors (Lipinski definition) is 1. The Kier molecular flexibility index (Phi) is 3.41. The molecule has 4 nitrogen and oxygen atoms in total. The molecule has 1 aromatic carbocycles. The van der Waals surface area contributed by atoms with Crippen LogP contribution < -0.4 is 0 Å². The SMILES string of the molecule is OCc1cn(-c2ccc(Cl)c(F)c2I)nn1. The largest absolute Gasteiger partial charge is 0.390 e. The lowest BCUT2D eigenvalue weighted by molar-refractivity contribution is 0.276. The van der Waals surface area contributed by atoms with E-state index in [-0.39, 0.29) is 11.6 Å². The minimum absolute atomic E-state index is 0.0654. The minimum Gasteiger partial charge on any atom is -0.390 e. The van der Waals surface area contributed by atoms with Crippen LogP contribution >= 0.6 is 34.2 Å². The molecule has 0 saturated heterocycles. The summed E-state index contributed by atoms with van der Waals surface area (Å²) < 4.78 is 15.3. The van der Waals surface area contributed by atoms with Crippen molar-refractivity contribution in [1.82, 2.24) is 15.0 Å².